The largest absolute Gasteiger partial charge is 0.496 e. The summed E-state index contributed by atoms with van der Waals surface area (Å²) >= 11 is 0. The summed E-state index contributed by atoms with van der Waals surface area (Å²) in [4.78, 5) is 16.0. The molecule has 0 aliphatic carbocycles. The van der Waals surface area contributed by atoms with Crippen molar-refractivity contribution in [1.82, 2.24) is 10.6 Å². The highest BCUT2D eigenvalue weighted by atomic mass is 127. The molecule has 0 heterocycles. The van der Waals surface area contributed by atoms with Crippen LogP contribution in [-0.2, 0) is 17.7 Å². The van der Waals surface area contributed by atoms with Gasteiger partial charge in [0.1, 0.15) is 17.1 Å². The molecule has 2 aromatic carbocycles. The molecule has 0 spiro atoms. The minimum Gasteiger partial charge on any atom is -0.496 e. The number of ether oxygens (including phenoxy) is 2. The molecule has 0 atom stereocenters. The van der Waals surface area contributed by atoms with Crippen LogP contribution in [0.3, 0.4) is 0 Å². The molecule has 0 unspecified atom stereocenters. The van der Waals surface area contributed by atoms with Crippen molar-refractivity contribution < 1.29 is 18.7 Å². The summed E-state index contributed by atoms with van der Waals surface area (Å²) in [6.07, 6.45) is 0.544. The third-order valence-corrected chi connectivity index (χ3v) is 4.00. The predicted molar refractivity (Wildman–Crippen MR) is 118 cm³/mol. The number of aliphatic imine (C=N–C) groups is 1. The topological polar surface area (TPSA) is 72.0 Å². The van der Waals surface area contributed by atoms with E-state index in [4.69, 9.17) is 9.47 Å². The van der Waals surface area contributed by atoms with Gasteiger partial charge in [0.15, 0.2) is 5.96 Å². The molecule has 0 saturated carbocycles. The fraction of sp³-hybridized carbons (Fsp3) is 0.300. The Labute approximate surface area is 181 Å². The molecule has 2 aromatic rings. The average Bonchev–Trinajstić information content (AvgIpc) is 2.71. The summed E-state index contributed by atoms with van der Waals surface area (Å²) in [6, 6.07) is 12.0. The third kappa shape index (κ3) is 6.66. The lowest BCUT2D eigenvalue weighted by atomic mass is 10.1. The number of nitrogens with one attached hydrogen (secondary N) is 2. The second kappa shape index (κ2) is 12.2. The van der Waals surface area contributed by atoms with Gasteiger partial charge in [-0.15, -0.1) is 24.0 Å². The minimum absolute atomic E-state index is 0. The van der Waals surface area contributed by atoms with Gasteiger partial charge in [-0.05, 0) is 35.7 Å². The first kappa shape index (κ1) is 23.7. The number of hydrogen-bond donors (Lipinski definition) is 2. The molecule has 152 valence electrons. The van der Waals surface area contributed by atoms with Crippen molar-refractivity contribution in [2.24, 2.45) is 4.99 Å². The van der Waals surface area contributed by atoms with Crippen LogP contribution in [-0.4, -0.2) is 39.7 Å². The Morgan fingerprint density at radius 1 is 1.14 bits per heavy atom. The maximum Gasteiger partial charge on any atom is 0.341 e. The molecule has 2 N–H and O–H groups in total. The van der Waals surface area contributed by atoms with Crippen molar-refractivity contribution in [2.45, 2.75) is 13.0 Å². The Balaban J connectivity index is 0.00000392. The van der Waals surface area contributed by atoms with E-state index in [0.717, 1.165) is 5.56 Å². The highest BCUT2D eigenvalue weighted by Gasteiger charge is 2.13. The number of carbonyl (C=O) groups is 1. The van der Waals surface area contributed by atoms with Gasteiger partial charge in [-0.25, -0.2) is 9.18 Å². The molecule has 8 heteroatoms. The van der Waals surface area contributed by atoms with Gasteiger partial charge in [0, 0.05) is 20.1 Å². The number of halogens is 2. The lowest BCUT2D eigenvalue weighted by Gasteiger charge is -2.13. The van der Waals surface area contributed by atoms with Crippen molar-refractivity contribution in [1.29, 1.82) is 0 Å². The Morgan fingerprint density at radius 3 is 2.54 bits per heavy atom. The van der Waals surface area contributed by atoms with E-state index in [9.17, 15) is 9.18 Å². The maximum atomic E-state index is 13.6. The molecule has 2 rings (SSSR count). The first-order valence-corrected chi connectivity index (χ1v) is 8.52. The fourth-order valence-electron chi connectivity index (χ4n) is 2.56. The Kier molecular flexibility index (Phi) is 10.3. The molecule has 0 bridgehead atoms. The molecule has 28 heavy (non-hydrogen) atoms. The Morgan fingerprint density at radius 2 is 1.89 bits per heavy atom. The van der Waals surface area contributed by atoms with Crippen LogP contribution < -0.4 is 15.4 Å². The number of rotatable bonds is 7. The van der Waals surface area contributed by atoms with Gasteiger partial charge >= 0.3 is 5.97 Å². The van der Waals surface area contributed by atoms with Crippen LogP contribution in [0, 0.1) is 5.82 Å². The van der Waals surface area contributed by atoms with Crippen molar-refractivity contribution in [3.8, 4) is 5.75 Å². The van der Waals surface area contributed by atoms with Gasteiger partial charge in [0.25, 0.3) is 0 Å². The van der Waals surface area contributed by atoms with E-state index in [1.165, 1.54) is 20.3 Å². The highest BCUT2D eigenvalue weighted by Crippen LogP contribution is 2.20. The van der Waals surface area contributed by atoms with Crippen LogP contribution in [0.4, 0.5) is 4.39 Å². The molecule has 0 radical (unpaired) electrons. The van der Waals surface area contributed by atoms with E-state index in [1.54, 1.807) is 31.3 Å². The Bertz CT molecular complexity index is 815. The average molecular weight is 501 g/mol. The van der Waals surface area contributed by atoms with Gasteiger partial charge in [-0.2, -0.15) is 0 Å². The first-order chi connectivity index (χ1) is 13.1. The van der Waals surface area contributed by atoms with Crippen molar-refractivity contribution in [2.75, 3.05) is 27.8 Å². The normalized spacial score (nSPS) is 10.6. The monoisotopic (exact) mass is 501 g/mol. The molecule has 0 saturated heterocycles. The summed E-state index contributed by atoms with van der Waals surface area (Å²) in [7, 11) is 4.49. The highest BCUT2D eigenvalue weighted by molar-refractivity contribution is 14.0. The SMILES string of the molecule is CN=C(NCCc1ccccc1F)NCc1ccc(OC)c(C(=O)OC)c1.I. The van der Waals surface area contributed by atoms with E-state index in [-0.39, 0.29) is 29.8 Å². The lowest BCUT2D eigenvalue weighted by Crippen LogP contribution is -2.38. The fourth-order valence-corrected chi connectivity index (χ4v) is 2.56. The second-order valence-corrected chi connectivity index (χ2v) is 5.72. The predicted octanol–water partition coefficient (Wildman–Crippen LogP) is 3.15. The number of guanidine groups is 1. The maximum absolute atomic E-state index is 13.6. The molecular formula is C20H25FIN3O3. The molecule has 0 amide bonds. The van der Waals surface area contributed by atoms with Crippen LogP contribution in [0.15, 0.2) is 47.5 Å². The molecular weight excluding hydrogens is 476 g/mol. The van der Waals surface area contributed by atoms with Crippen LogP contribution in [0.5, 0.6) is 5.75 Å². The van der Waals surface area contributed by atoms with Crippen molar-refractivity contribution in [3.63, 3.8) is 0 Å². The molecule has 0 aromatic heterocycles. The summed E-state index contributed by atoms with van der Waals surface area (Å²) in [5.41, 5.74) is 1.88. The zero-order valence-electron chi connectivity index (χ0n) is 16.1. The molecule has 0 aliphatic heterocycles. The van der Waals surface area contributed by atoms with E-state index >= 15 is 0 Å². The Hall–Kier alpha value is -2.36. The van der Waals surface area contributed by atoms with E-state index < -0.39 is 5.97 Å². The second-order valence-electron chi connectivity index (χ2n) is 5.72. The number of hydrogen-bond acceptors (Lipinski definition) is 4. The van der Waals surface area contributed by atoms with Gasteiger partial charge < -0.3 is 20.1 Å². The smallest absolute Gasteiger partial charge is 0.341 e. The van der Waals surface area contributed by atoms with Gasteiger partial charge in [0.2, 0.25) is 0 Å². The van der Waals surface area contributed by atoms with E-state index in [0.29, 0.717) is 42.3 Å². The number of nitrogens with zero attached hydrogens (tertiary/aromatic N) is 1. The minimum atomic E-state index is -0.457. The zero-order valence-corrected chi connectivity index (χ0v) is 18.5. The number of carbonyl (C=O) groups excluding carboxylic acids is 1. The summed E-state index contributed by atoms with van der Waals surface area (Å²) in [6.45, 7) is 0.990. The van der Waals surface area contributed by atoms with Crippen LogP contribution in [0.25, 0.3) is 0 Å². The third-order valence-electron chi connectivity index (χ3n) is 4.00. The van der Waals surface area contributed by atoms with Crippen molar-refractivity contribution in [3.05, 3.63) is 65.0 Å². The van der Waals surface area contributed by atoms with Gasteiger partial charge in [-0.1, -0.05) is 24.3 Å². The number of esters is 1. The van der Waals surface area contributed by atoms with Crippen molar-refractivity contribution >= 4 is 35.9 Å². The molecule has 6 nitrogen and oxygen atoms in total. The number of benzene rings is 2. The quantitative estimate of drug-likeness (QED) is 0.264. The molecule has 0 aliphatic rings. The van der Waals surface area contributed by atoms with Gasteiger partial charge in [-0.3, -0.25) is 4.99 Å². The first-order valence-electron chi connectivity index (χ1n) is 8.52. The summed E-state index contributed by atoms with van der Waals surface area (Å²) in [5.74, 6) is 0.372. The summed E-state index contributed by atoms with van der Waals surface area (Å²) < 4.78 is 23.6. The van der Waals surface area contributed by atoms with Crippen LogP contribution in [0.2, 0.25) is 0 Å². The van der Waals surface area contributed by atoms with E-state index in [1.807, 2.05) is 12.1 Å². The zero-order chi connectivity index (χ0) is 19.6. The lowest BCUT2D eigenvalue weighted by molar-refractivity contribution is 0.0597. The number of methoxy groups -OCH3 is 2. The van der Waals surface area contributed by atoms with Gasteiger partial charge in [0.05, 0.1) is 14.2 Å². The van der Waals surface area contributed by atoms with E-state index in [2.05, 4.69) is 15.6 Å². The van der Waals surface area contributed by atoms with Crippen LogP contribution in [0.1, 0.15) is 21.5 Å². The van der Waals surface area contributed by atoms with Crippen LogP contribution >= 0.6 is 24.0 Å². The summed E-state index contributed by atoms with van der Waals surface area (Å²) in [5, 5.41) is 6.30. The standard InChI is InChI=1S/C20H24FN3O3.HI/c1-22-20(23-11-10-15-6-4-5-7-17(15)21)24-13-14-8-9-18(26-2)16(12-14)19(25)27-3;/h4-9,12H,10-11,13H2,1-3H3,(H2,22,23,24);1H. The molecule has 0 fully saturated rings.